The fraction of sp³-hybridized carbons (Fsp3) is 0.250. The van der Waals surface area contributed by atoms with E-state index in [9.17, 15) is 0 Å². The van der Waals surface area contributed by atoms with Crippen molar-refractivity contribution in [1.29, 1.82) is 0 Å². The Kier molecular flexibility index (Phi) is 3.63. The van der Waals surface area contributed by atoms with E-state index in [4.69, 9.17) is 11.8 Å². The molecule has 1 N–H and O–H groups in total. The molecule has 1 nitrogen and oxygen atoms in total. The maximum absolute atomic E-state index is 5.79. The summed E-state index contributed by atoms with van der Waals surface area (Å²) in [5, 5.41) is 0. The van der Waals surface area contributed by atoms with Crippen molar-refractivity contribution in [2.24, 2.45) is 0 Å². The van der Waals surface area contributed by atoms with Gasteiger partial charge in [-0.2, -0.15) is 0 Å². The third-order valence-corrected chi connectivity index (χ3v) is 3.24. The third kappa shape index (κ3) is 2.68. The molecule has 2 rings (SSSR count). The molecule has 0 aliphatic rings. The third-order valence-electron chi connectivity index (χ3n) is 3.04. The van der Waals surface area contributed by atoms with E-state index in [0.717, 1.165) is 5.69 Å². The number of anilines is 1. The molecule has 0 bridgehead atoms. The van der Waals surface area contributed by atoms with Gasteiger partial charge in [-0.25, -0.2) is 0 Å². The summed E-state index contributed by atoms with van der Waals surface area (Å²) in [5.41, 5.74) is 4.70. The molecule has 0 aromatic heterocycles. The second-order valence-corrected chi connectivity index (χ2v) is 5.66. The summed E-state index contributed by atoms with van der Waals surface area (Å²) in [6.45, 7) is 6.57. The van der Waals surface area contributed by atoms with Crippen LogP contribution in [0.15, 0.2) is 48.5 Å². The Hall–Kier alpha value is -1.47. The van der Waals surface area contributed by atoms with Gasteiger partial charge >= 0.3 is 0 Å². The van der Waals surface area contributed by atoms with Gasteiger partial charge in [0.2, 0.25) is 0 Å². The molecule has 0 unspecified atom stereocenters. The zero-order valence-corrected chi connectivity index (χ0v) is 11.8. The zero-order chi connectivity index (χ0) is 13.2. The lowest BCUT2D eigenvalue weighted by molar-refractivity contribution is 0.593. The molecule has 0 saturated heterocycles. The highest BCUT2D eigenvalue weighted by Crippen LogP contribution is 2.33. The molecule has 0 amide bonds. The van der Waals surface area contributed by atoms with E-state index >= 15 is 0 Å². The average molecular weight is 260 g/mol. The molecule has 0 aliphatic heterocycles. The molecule has 0 fully saturated rings. The van der Waals surface area contributed by atoms with Gasteiger partial charge < -0.3 is 0 Å². The lowest BCUT2D eigenvalue weighted by Gasteiger charge is -2.23. The smallest absolute Gasteiger partial charge is 0.0529 e. The Morgan fingerprint density at radius 1 is 0.889 bits per heavy atom. The number of hydrogen-bond donors (Lipinski definition) is 1. The van der Waals surface area contributed by atoms with Crippen LogP contribution in [-0.4, -0.2) is 0 Å². The van der Waals surface area contributed by atoms with Crippen LogP contribution < -0.4 is 4.84 Å². The molecule has 0 aliphatic carbocycles. The summed E-state index contributed by atoms with van der Waals surface area (Å²) in [6.07, 6.45) is 0. The Balaban J connectivity index is 2.53. The summed E-state index contributed by atoms with van der Waals surface area (Å²) in [6, 6.07) is 16.7. The molecule has 18 heavy (non-hydrogen) atoms. The molecule has 2 aromatic rings. The van der Waals surface area contributed by atoms with Crippen molar-refractivity contribution in [1.82, 2.24) is 0 Å². The van der Waals surface area contributed by atoms with Crippen LogP contribution in [-0.2, 0) is 5.41 Å². The highest BCUT2D eigenvalue weighted by molar-refractivity contribution is 6.24. The van der Waals surface area contributed by atoms with Crippen LogP contribution in [0.25, 0.3) is 11.1 Å². The van der Waals surface area contributed by atoms with E-state index in [1.54, 1.807) is 0 Å². The Morgan fingerprint density at radius 3 is 2.11 bits per heavy atom. The quantitative estimate of drug-likeness (QED) is 0.730. The van der Waals surface area contributed by atoms with Gasteiger partial charge in [-0.3, -0.25) is 4.84 Å². The first-order chi connectivity index (χ1) is 8.52. The molecular formula is C16H18ClN. The van der Waals surface area contributed by atoms with E-state index in [1.165, 1.54) is 16.7 Å². The van der Waals surface area contributed by atoms with Gasteiger partial charge in [-0.05, 0) is 34.2 Å². The minimum absolute atomic E-state index is 0.0576. The van der Waals surface area contributed by atoms with Gasteiger partial charge in [-0.1, -0.05) is 57.2 Å². The van der Waals surface area contributed by atoms with Crippen molar-refractivity contribution >= 4 is 17.5 Å². The van der Waals surface area contributed by atoms with E-state index in [2.05, 4.69) is 62.0 Å². The molecule has 0 radical (unpaired) electrons. The summed E-state index contributed by atoms with van der Waals surface area (Å²) < 4.78 is 0. The average Bonchev–Trinajstić information content (AvgIpc) is 2.38. The van der Waals surface area contributed by atoms with Crippen LogP contribution in [0.3, 0.4) is 0 Å². The number of hydrogen-bond acceptors (Lipinski definition) is 1. The molecule has 0 saturated carbocycles. The van der Waals surface area contributed by atoms with E-state index in [1.807, 2.05) is 12.1 Å². The molecule has 0 spiro atoms. The maximum atomic E-state index is 5.79. The number of halogens is 1. The Labute approximate surface area is 114 Å². The summed E-state index contributed by atoms with van der Waals surface area (Å²) >= 11 is 5.79. The maximum Gasteiger partial charge on any atom is 0.0529 e. The monoisotopic (exact) mass is 259 g/mol. The highest BCUT2D eigenvalue weighted by atomic mass is 35.5. The molecule has 0 heterocycles. The van der Waals surface area contributed by atoms with E-state index in [-0.39, 0.29) is 5.41 Å². The van der Waals surface area contributed by atoms with Gasteiger partial charge in [-0.15, -0.1) is 0 Å². The van der Waals surface area contributed by atoms with Crippen LogP contribution >= 0.6 is 11.8 Å². The van der Waals surface area contributed by atoms with Crippen LogP contribution in [0.5, 0.6) is 0 Å². The van der Waals surface area contributed by atoms with Crippen LogP contribution in [0.1, 0.15) is 26.3 Å². The second-order valence-electron chi connectivity index (χ2n) is 5.47. The van der Waals surface area contributed by atoms with Gasteiger partial charge in [0, 0.05) is 11.8 Å². The van der Waals surface area contributed by atoms with Crippen LogP contribution in [0, 0.1) is 0 Å². The van der Waals surface area contributed by atoms with Crippen molar-refractivity contribution in [2.75, 3.05) is 4.84 Å². The molecule has 94 valence electrons. The first-order valence-corrected chi connectivity index (χ1v) is 6.47. The normalized spacial score (nSPS) is 11.3. The second kappa shape index (κ2) is 5.03. The van der Waals surface area contributed by atoms with Gasteiger partial charge in [0.15, 0.2) is 0 Å². The van der Waals surface area contributed by atoms with Crippen molar-refractivity contribution in [2.45, 2.75) is 26.2 Å². The lowest BCUT2D eigenvalue weighted by Crippen LogP contribution is -2.13. The predicted molar refractivity (Wildman–Crippen MR) is 80.1 cm³/mol. The van der Waals surface area contributed by atoms with Gasteiger partial charge in [0.05, 0.1) is 5.69 Å². The van der Waals surface area contributed by atoms with Crippen molar-refractivity contribution in [3.05, 3.63) is 54.1 Å². The largest absolute Gasteiger partial charge is 0.298 e. The molecule has 2 aromatic carbocycles. The summed E-state index contributed by atoms with van der Waals surface area (Å²) in [5.74, 6) is 0. The SMILES string of the molecule is CC(C)(C)c1cc(-c2ccccc2)ccc1NCl. The van der Waals surface area contributed by atoms with Crippen molar-refractivity contribution < 1.29 is 0 Å². The van der Waals surface area contributed by atoms with Crippen LogP contribution in [0.2, 0.25) is 0 Å². The number of benzene rings is 2. The minimum Gasteiger partial charge on any atom is -0.298 e. The zero-order valence-electron chi connectivity index (χ0n) is 11.0. The van der Waals surface area contributed by atoms with Crippen molar-refractivity contribution in [3.8, 4) is 11.1 Å². The number of rotatable bonds is 2. The fourth-order valence-electron chi connectivity index (χ4n) is 2.06. The molecule has 0 atom stereocenters. The predicted octanol–water partition coefficient (Wildman–Crippen LogP) is 5.22. The Bertz CT molecular complexity index is 527. The number of nitrogens with one attached hydrogen (secondary N) is 1. The first-order valence-electron chi connectivity index (χ1n) is 6.09. The van der Waals surface area contributed by atoms with E-state index < -0.39 is 0 Å². The highest BCUT2D eigenvalue weighted by Gasteiger charge is 2.18. The Morgan fingerprint density at radius 2 is 1.56 bits per heavy atom. The molecule has 2 heteroatoms. The van der Waals surface area contributed by atoms with Crippen molar-refractivity contribution in [3.63, 3.8) is 0 Å². The summed E-state index contributed by atoms with van der Waals surface area (Å²) in [7, 11) is 0. The molecular weight excluding hydrogens is 242 g/mol. The standard InChI is InChI=1S/C16H18ClN/c1-16(2,3)14-11-13(9-10-15(14)18-17)12-7-5-4-6-8-12/h4-11,18H,1-3H3. The van der Waals surface area contributed by atoms with E-state index in [0.29, 0.717) is 0 Å². The van der Waals surface area contributed by atoms with Gasteiger partial charge in [0.1, 0.15) is 0 Å². The first kappa shape index (κ1) is 13.0. The topological polar surface area (TPSA) is 12.0 Å². The van der Waals surface area contributed by atoms with Gasteiger partial charge in [0.25, 0.3) is 0 Å². The fourth-order valence-corrected chi connectivity index (χ4v) is 2.22. The van der Waals surface area contributed by atoms with Crippen LogP contribution in [0.4, 0.5) is 5.69 Å². The summed E-state index contributed by atoms with van der Waals surface area (Å²) in [4.78, 5) is 2.75. The minimum atomic E-state index is 0.0576. The lowest BCUT2D eigenvalue weighted by atomic mass is 9.84.